The second-order valence-electron chi connectivity index (χ2n) is 7.66. The summed E-state index contributed by atoms with van der Waals surface area (Å²) in [5, 5.41) is 4.78. The van der Waals surface area contributed by atoms with Crippen molar-refractivity contribution < 1.29 is 0 Å². The zero-order valence-electron chi connectivity index (χ0n) is 15.0. The molecule has 1 aliphatic heterocycles. The van der Waals surface area contributed by atoms with Gasteiger partial charge in [-0.1, -0.05) is 0 Å². The van der Waals surface area contributed by atoms with Crippen LogP contribution in [0.15, 0.2) is 12.3 Å². The van der Waals surface area contributed by atoms with Crippen LogP contribution in [0, 0.1) is 0 Å². The third-order valence-electron chi connectivity index (χ3n) is 5.87. The predicted octanol–water partition coefficient (Wildman–Crippen LogP) is 1.90. The van der Waals surface area contributed by atoms with Gasteiger partial charge in [0.25, 0.3) is 0 Å². The summed E-state index contributed by atoms with van der Waals surface area (Å²) in [5.41, 5.74) is 4.29. The van der Waals surface area contributed by atoms with Gasteiger partial charge in [-0.3, -0.25) is 9.58 Å². The molecule has 2 aliphatic carbocycles. The summed E-state index contributed by atoms with van der Waals surface area (Å²) in [6, 6.07) is 2.06. The lowest BCUT2D eigenvalue weighted by molar-refractivity contribution is 0.245. The molecule has 0 atom stereocenters. The molecule has 2 fully saturated rings. The fourth-order valence-corrected chi connectivity index (χ4v) is 4.25. The van der Waals surface area contributed by atoms with Crippen LogP contribution in [0.25, 0.3) is 0 Å². The van der Waals surface area contributed by atoms with E-state index in [1.165, 1.54) is 49.1 Å². The molecule has 1 saturated heterocycles. The summed E-state index contributed by atoms with van der Waals surface area (Å²) in [7, 11) is 2.10. The molecule has 132 valence electrons. The van der Waals surface area contributed by atoms with Crippen LogP contribution in [0.2, 0.25) is 0 Å². The summed E-state index contributed by atoms with van der Waals surface area (Å²) in [4.78, 5) is 14.2. The van der Waals surface area contributed by atoms with Gasteiger partial charge in [0.15, 0.2) is 0 Å². The minimum atomic E-state index is 0.618. The molecular formula is C19H26N6. The average Bonchev–Trinajstić information content (AvgIpc) is 3.30. The van der Waals surface area contributed by atoms with Gasteiger partial charge >= 0.3 is 0 Å². The van der Waals surface area contributed by atoms with E-state index in [1.54, 1.807) is 0 Å². The van der Waals surface area contributed by atoms with Crippen molar-refractivity contribution in [3.8, 4) is 0 Å². The van der Waals surface area contributed by atoms with Crippen LogP contribution < -0.4 is 4.90 Å². The first-order chi connectivity index (χ1) is 12.3. The first-order valence-corrected chi connectivity index (χ1v) is 9.62. The molecule has 0 spiro atoms. The lowest BCUT2D eigenvalue weighted by atomic mass is 10.2. The standard InChI is InChI=1S/C19H26N6/c1-23-17-4-2-3-15(17)16(22-23)13-24-9-11-25(12-10-24)18-7-8-20-19(21-18)14-5-6-14/h7-8,14H,2-6,9-13H2,1H3. The topological polar surface area (TPSA) is 50.1 Å². The van der Waals surface area contributed by atoms with Gasteiger partial charge in [-0.15, -0.1) is 0 Å². The Balaban J connectivity index is 1.23. The molecule has 6 heteroatoms. The summed E-state index contributed by atoms with van der Waals surface area (Å²) >= 11 is 0. The van der Waals surface area contributed by atoms with Gasteiger partial charge in [-0.25, -0.2) is 9.97 Å². The maximum absolute atomic E-state index is 4.80. The van der Waals surface area contributed by atoms with E-state index in [1.807, 2.05) is 6.20 Å². The van der Waals surface area contributed by atoms with Gasteiger partial charge in [0, 0.05) is 57.6 Å². The number of hydrogen-bond acceptors (Lipinski definition) is 5. The van der Waals surface area contributed by atoms with Gasteiger partial charge < -0.3 is 4.90 Å². The van der Waals surface area contributed by atoms with Gasteiger partial charge in [0.05, 0.1) is 5.69 Å². The van der Waals surface area contributed by atoms with Crippen LogP contribution in [-0.2, 0) is 26.4 Å². The zero-order chi connectivity index (χ0) is 16.8. The maximum atomic E-state index is 4.80. The van der Waals surface area contributed by atoms with Crippen LogP contribution in [-0.4, -0.2) is 50.8 Å². The van der Waals surface area contributed by atoms with E-state index in [2.05, 4.69) is 32.6 Å². The van der Waals surface area contributed by atoms with Gasteiger partial charge in [0.1, 0.15) is 11.6 Å². The van der Waals surface area contributed by atoms with E-state index in [-0.39, 0.29) is 0 Å². The van der Waals surface area contributed by atoms with Crippen molar-refractivity contribution in [2.45, 2.75) is 44.6 Å². The van der Waals surface area contributed by atoms with E-state index in [0.29, 0.717) is 5.92 Å². The number of piperazine rings is 1. The first kappa shape index (κ1) is 15.3. The molecule has 1 saturated carbocycles. The molecule has 0 radical (unpaired) electrons. The monoisotopic (exact) mass is 338 g/mol. The van der Waals surface area contributed by atoms with E-state index in [0.717, 1.165) is 44.4 Å². The van der Waals surface area contributed by atoms with Crippen molar-refractivity contribution in [3.05, 3.63) is 35.0 Å². The lowest BCUT2D eigenvalue weighted by Gasteiger charge is -2.35. The number of rotatable bonds is 4. The molecule has 0 unspecified atom stereocenters. The van der Waals surface area contributed by atoms with E-state index >= 15 is 0 Å². The largest absolute Gasteiger partial charge is 0.354 e. The van der Waals surface area contributed by atoms with Crippen molar-refractivity contribution in [1.82, 2.24) is 24.6 Å². The fourth-order valence-electron chi connectivity index (χ4n) is 4.25. The molecule has 0 bridgehead atoms. The zero-order valence-corrected chi connectivity index (χ0v) is 15.0. The Morgan fingerprint density at radius 1 is 1.12 bits per heavy atom. The van der Waals surface area contributed by atoms with Crippen molar-refractivity contribution in [2.24, 2.45) is 7.05 Å². The number of hydrogen-bond donors (Lipinski definition) is 0. The second-order valence-corrected chi connectivity index (χ2v) is 7.66. The Labute approximate surface area is 148 Å². The number of fused-ring (bicyclic) bond motifs is 1. The summed E-state index contributed by atoms with van der Waals surface area (Å²) in [5.74, 6) is 2.77. The molecule has 2 aromatic heterocycles. The first-order valence-electron chi connectivity index (χ1n) is 9.62. The minimum Gasteiger partial charge on any atom is -0.354 e. The Morgan fingerprint density at radius 3 is 2.76 bits per heavy atom. The van der Waals surface area contributed by atoms with Gasteiger partial charge in [-0.05, 0) is 43.7 Å². The SMILES string of the molecule is Cn1nc(CN2CCN(c3ccnc(C4CC4)n3)CC2)c2c1CCC2. The summed E-state index contributed by atoms with van der Waals surface area (Å²) in [6.07, 6.45) is 8.14. The molecule has 3 heterocycles. The quantitative estimate of drug-likeness (QED) is 0.852. The van der Waals surface area contributed by atoms with Crippen molar-refractivity contribution in [1.29, 1.82) is 0 Å². The molecule has 0 N–H and O–H groups in total. The van der Waals surface area contributed by atoms with Gasteiger partial charge in [0.2, 0.25) is 0 Å². The normalized spacial score (nSPS) is 20.9. The average molecular weight is 338 g/mol. The predicted molar refractivity (Wildman–Crippen MR) is 96.7 cm³/mol. The highest BCUT2D eigenvalue weighted by molar-refractivity contribution is 5.39. The molecule has 0 amide bonds. The van der Waals surface area contributed by atoms with E-state index < -0.39 is 0 Å². The fraction of sp³-hybridized carbons (Fsp3) is 0.632. The molecule has 5 rings (SSSR count). The van der Waals surface area contributed by atoms with Gasteiger partial charge in [-0.2, -0.15) is 5.10 Å². The highest BCUT2D eigenvalue weighted by Crippen LogP contribution is 2.38. The molecule has 6 nitrogen and oxygen atoms in total. The Kier molecular flexibility index (Phi) is 3.73. The van der Waals surface area contributed by atoms with Crippen LogP contribution in [0.5, 0.6) is 0 Å². The molecular weight excluding hydrogens is 312 g/mol. The van der Waals surface area contributed by atoms with Crippen LogP contribution in [0.4, 0.5) is 5.82 Å². The van der Waals surface area contributed by atoms with E-state index in [4.69, 9.17) is 10.1 Å². The van der Waals surface area contributed by atoms with Crippen LogP contribution >= 0.6 is 0 Å². The van der Waals surface area contributed by atoms with Crippen molar-refractivity contribution in [2.75, 3.05) is 31.1 Å². The van der Waals surface area contributed by atoms with Crippen molar-refractivity contribution in [3.63, 3.8) is 0 Å². The highest BCUT2D eigenvalue weighted by Gasteiger charge is 2.28. The van der Waals surface area contributed by atoms with E-state index in [9.17, 15) is 0 Å². The Hall–Kier alpha value is -1.95. The minimum absolute atomic E-state index is 0.618. The summed E-state index contributed by atoms with van der Waals surface area (Å²) < 4.78 is 2.11. The third-order valence-corrected chi connectivity index (χ3v) is 5.87. The lowest BCUT2D eigenvalue weighted by Crippen LogP contribution is -2.46. The highest BCUT2D eigenvalue weighted by atomic mass is 15.3. The third kappa shape index (κ3) is 2.92. The van der Waals surface area contributed by atoms with Crippen LogP contribution in [0.3, 0.4) is 0 Å². The number of aromatic nitrogens is 4. The van der Waals surface area contributed by atoms with Crippen molar-refractivity contribution >= 4 is 5.82 Å². The van der Waals surface area contributed by atoms with Crippen LogP contribution in [0.1, 0.15) is 48.0 Å². The number of anilines is 1. The Bertz CT molecular complexity index is 770. The molecule has 25 heavy (non-hydrogen) atoms. The second kappa shape index (κ2) is 6.09. The number of nitrogens with zero attached hydrogens (tertiary/aromatic N) is 6. The maximum Gasteiger partial charge on any atom is 0.133 e. The smallest absolute Gasteiger partial charge is 0.133 e. The molecule has 3 aliphatic rings. The summed E-state index contributed by atoms with van der Waals surface area (Å²) in [6.45, 7) is 5.22. The molecule has 2 aromatic rings. The molecule has 0 aromatic carbocycles. The number of aryl methyl sites for hydroxylation is 1. The Morgan fingerprint density at radius 2 is 1.96 bits per heavy atom.